The van der Waals surface area contributed by atoms with Crippen molar-refractivity contribution in [2.75, 3.05) is 13.7 Å². The maximum Gasteiger partial charge on any atom is 0.163 e. The minimum absolute atomic E-state index is 0.000992. The monoisotopic (exact) mass is 215 g/mol. The Morgan fingerprint density at radius 1 is 1.53 bits per heavy atom. The fourth-order valence-corrected chi connectivity index (χ4v) is 1.32. The number of benzene rings is 1. The molecule has 0 saturated carbocycles. The lowest BCUT2D eigenvalue weighted by molar-refractivity contribution is 0.165. The van der Waals surface area contributed by atoms with Crippen LogP contribution in [0.2, 0.25) is 0 Å². The van der Waals surface area contributed by atoms with E-state index in [1.54, 1.807) is 0 Å². The van der Waals surface area contributed by atoms with Gasteiger partial charge in [-0.2, -0.15) is 0 Å². The molecule has 0 bridgehead atoms. The highest BCUT2D eigenvalue weighted by Gasteiger charge is 2.17. The van der Waals surface area contributed by atoms with E-state index in [9.17, 15) is 14.6 Å². The molecule has 0 fully saturated rings. The first-order valence-corrected chi connectivity index (χ1v) is 4.54. The smallest absolute Gasteiger partial charge is 0.163 e. The molecule has 1 unspecified atom stereocenters. The molecule has 4 nitrogen and oxygen atoms in total. The molecule has 0 aliphatic rings. The summed E-state index contributed by atoms with van der Waals surface area (Å²) in [5.41, 5.74) is 5.35. The Hall–Kier alpha value is -1.33. The van der Waals surface area contributed by atoms with Crippen LogP contribution in [-0.2, 0) is 0 Å². The third kappa shape index (κ3) is 2.57. The van der Waals surface area contributed by atoms with Gasteiger partial charge in [0, 0.05) is 11.6 Å². The molecule has 1 aromatic carbocycles. The Morgan fingerprint density at radius 2 is 2.20 bits per heavy atom. The third-order valence-corrected chi connectivity index (χ3v) is 2.09. The first-order valence-electron chi connectivity index (χ1n) is 4.54. The van der Waals surface area contributed by atoms with Gasteiger partial charge in [0.05, 0.1) is 13.2 Å². The van der Waals surface area contributed by atoms with E-state index in [0.29, 0.717) is 0 Å². The van der Waals surface area contributed by atoms with Gasteiger partial charge in [-0.05, 0) is 19.0 Å². The number of nitrogens with two attached hydrogens (primary N) is 1. The van der Waals surface area contributed by atoms with Crippen LogP contribution >= 0.6 is 0 Å². The average molecular weight is 215 g/mol. The predicted octanol–water partition coefficient (Wildman–Crippen LogP) is 0.922. The minimum Gasteiger partial charge on any atom is -0.504 e. The summed E-state index contributed by atoms with van der Waals surface area (Å²) in [4.78, 5) is 0. The summed E-state index contributed by atoms with van der Waals surface area (Å²) in [6.45, 7) is 0.249. The summed E-state index contributed by atoms with van der Waals surface area (Å²) in [6.07, 6.45) is -0.736. The molecule has 15 heavy (non-hydrogen) atoms. The number of phenolic OH excluding ortho intramolecular Hbond substituents is 1. The molecule has 0 radical (unpaired) electrons. The van der Waals surface area contributed by atoms with Crippen LogP contribution in [0.5, 0.6) is 11.5 Å². The Bertz CT molecular complexity index is 344. The minimum atomic E-state index is -0.986. The lowest BCUT2D eigenvalue weighted by atomic mass is 10.0. The number of hydrogen-bond acceptors (Lipinski definition) is 4. The number of methoxy groups -OCH3 is 1. The summed E-state index contributed by atoms with van der Waals surface area (Å²) in [5, 5.41) is 19.2. The van der Waals surface area contributed by atoms with Gasteiger partial charge in [0.2, 0.25) is 0 Å². The molecular formula is C10H14FNO3. The lowest BCUT2D eigenvalue weighted by Gasteiger charge is -2.14. The zero-order valence-corrected chi connectivity index (χ0v) is 8.40. The van der Waals surface area contributed by atoms with E-state index in [-0.39, 0.29) is 30.0 Å². The largest absolute Gasteiger partial charge is 0.504 e. The van der Waals surface area contributed by atoms with Crippen LogP contribution in [0.25, 0.3) is 0 Å². The quantitative estimate of drug-likeness (QED) is 0.698. The van der Waals surface area contributed by atoms with E-state index in [4.69, 9.17) is 10.5 Å². The second kappa shape index (κ2) is 4.95. The fraction of sp³-hybridized carbons (Fsp3) is 0.400. The molecular weight excluding hydrogens is 201 g/mol. The Kier molecular flexibility index (Phi) is 3.88. The predicted molar refractivity (Wildman–Crippen MR) is 53.2 cm³/mol. The van der Waals surface area contributed by atoms with Crippen LogP contribution in [0.3, 0.4) is 0 Å². The molecule has 0 amide bonds. The molecule has 0 spiro atoms. The van der Waals surface area contributed by atoms with Crippen molar-refractivity contribution in [3.8, 4) is 11.5 Å². The molecule has 0 heterocycles. The van der Waals surface area contributed by atoms with Crippen molar-refractivity contribution < 1.29 is 19.3 Å². The van der Waals surface area contributed by atoms with Crippen LogP contribution in [0.1, 0.15) is 18.1 Å². The van der Waals surface area contributed by atoms with E-state index in [1.807, 2.05) is 0 Å². The maximum atomic E-state index is 13.1. The lowest BCUT2D eigenvalue weighted by Crippen LogP contribution is -2.07. The number of aromatic hydroxyl groups is 1. The van der Waals surface area contributed by atoms with Gasteiger partial charge in [-0.15, -0.1) is 0 Å². The van der Waals surface area contributed by atoms with Crippen molar-refractivity contribution in [1.29, 1.82) is 0 Å². The average Bonchev–Trinajstić information content (AvgIpc) is 2.21. The van der Waals surface area contributed by atoms with Crippen LogP contribution in [0.15, 0.2) is 12.1 Å². The summed E-state index contributed by atoms with van der Waals surface area (Å²) < 4.78 is 17.8. The number of phenols is 1. The first kappa shape index (κ1) is 11.7. The van der Waals surface area contributed by atoms with E-state index in [1.165, 1.54) is 7.11 Å². The molecule has 1 rings (SSSR count). The van der Waals surface area contributed by atoms with E-state index in [2.05, 4.69) is 0 Å². The van der Waals surface area contributed by atoms with Crippen molar-refractivity contribution in [2.45, 2.75) is 12.5 Å². The zero-order chi connectivity index (χ0) is 11.4. The Balaban J connectivity index is 3.11. The van der Waals surface area contributed by atoms with Gasteiger partial charge in [-0.1, -0.05) is 0 Å². The Morgan fingerprint density at radius 3 is 2.73 bits per heavy atom. The third-order valence-electron chi connectivity index (χ3n) is 2.09. The topological polar surface area (TPSA) is 75.7 Å². The van der Waals surface area contributed by atoms with Crippen molar-refractivity contribution in [3.63, 3.8) is 0 Å². The SMILES string of the molecule is COc1cc(F)cc(C(O)CCN)c1O. The Labute approximate surface area is 87.1 Å². The fourth-order valence-electron chi connectivity index (χ4n) is 1.32. The number of rotatable bonds is 4. The van der Waals surface area contributed by atoms with Gasteiger partial charge >= 0.3 is 0 Å². The summed E-state index contributed by atoms with van der Waals surface area (Å²) in [6, 6.07) is 2.12. The highest BCUT2D eigenvalue weighted by molar-refractivity contribution is 5.46. The number of ether oxygens (including phenoxy) is 1. The molecule has 0 saturated heterocycles. The first-order chi connectivity index (χ1) is 7.10. The number of halogens is 1. The van der Waals surface area contributed by atoms with Gasteiger partial charge in [0.25, 0.3) is 0 Å². The van der Waals surface area contributed by atoms with Crippen LogP contribution < -0.4 is 10.5 Å². The molecule has 5 heteroatoms. The number of aliphatic hydroxyl groups is 1. The van der Waals surface area contributed by atoms with Crippen LogP contribution in [0.4, 0.5) is 4.39 Å². The highest BCUT2D eigenvalue weighted by atomic mass is 19.1. The van der Waals surface area contributed by atoms with Gasteiger partial charge in [-0.25, -0.2) is 4.39 Å². The molecule has 0 aliphatic carbocycles. The molecule has 0 aromatic heterocycles. The molecule has 84 valence electrons. The van der Waals surface area contributed by atoms with Crippen molar-refractivity contribution in [1.82, 2.24) is 0 Å². The molecule has 1 atom stereocenters. The van der Waals surface area contributed by atoms with Gasteiger partial charge in [0.1, 0.15) is 5.82 Å². The van der Waals surface area contributed by atoms with E-state index >= 15 is 0 Å². The van der Waals surface area contributed by atoms with E-state index < -0.39 is 11.9 Å². The molecule has 0 aliphatic heterocycles. The van der Waals surface area contributed by atoms with Gasteiger partial charge in [-0.3, -0.25) is 0 Å². The van der Waals surface area contributed by atoms with Crippen LogP contribution in [0, 0.1) is 5.82 Å². The second-order valence-electron chi connectivity index (χ2n) is 3.14. The summed E-state index contributed by atoms with van der Waals surface area (Å²) in [7, 11) is 1.31. The second-order valence-corrected chi connectivity index (χ2v) is 3.14. The highest BCUT2D eigenvalue weighted by Crippen LogP contribution is 2.35. The molecule has 1 aromatic rings. The van der Waals surface area contributed by atoms with Crippen LogP contribution in [-0.4, -0.2) is 23.9 Å². The van der Waals surface area contributed by atoms with Gasteiger partial charge in [0.15, 0.2) is 11.5 Å². The number of hydrogen-bond donors (Lipinski definition) is 3. The molecule has 4 N–H and O–H groups in total. The van der Waals surface area contributed by atoms with Crippen molar-refractivity contribution in [2.24, 2.45) is 5.73 Å². The van der Waals surface area contributed by atoms with E-state index in [0.717, 1.165) is 12.1 Å². The normalized spacial score (nSPS) is 12.5. The maximum absolute atomic E-state index is 13.1. The van der Waals surface area contributed by atoms with Crippen molar-refractivity contribution in [3.05, 3.63) is 23.5 Å². The van der Waals surface area contributed by atoms with Gasteiger partial charge < -0.3 is 20.7 Å². The van der Waals surface area contributed by atoms with Crippen molar-refractivity contribution >= 4 is 0 Å². The standard InChI is InChI=1S/C10H14FNO3/c1-15-9-5-6(11)4-7(10(9)14)8(13)2-3-12/h4-5,8,13-14H,2-3,12H2,1H3. The zero-order valence-electron chi connectivity index (χ0n) is 8.40. The number of aliphatic hydroxyl groups excluding tert-OH is 1. The summed E-state index contributed by atoms with van der Waals surface area (Å²) >= 11 is 0. The summed E-state index contributed by atoms with van der Waals surface area (Å²) in [5.74, 6) is -0.823.